The van der Waals surface area contributed by atoms with Crippen molar-refractivity contribution < 1.29 is 23.9 Å². The number of likely N-dealkylation sites (tertiary alicyclic amines) is 1. The molecular formula is C22H33N3O5. The molecule has 1 saturated heterocycles. The summed E-state index contributed by atoms with van der Waals surface area (Å²) in [4.78, 5) is 41.3. The Bertz CT molecular complexity index is 759. The number of rotatable bonds is 6. The van der Waals surface area contributed by atoms with E-state index in [1.165, 1.54) is 9.80 Å². The maximum absolute atomic E-state index is 13.2. The second-order valence-electron chi connectivity index (χ2n) is 8.32. The van der Waals surface area contributed by atoms with E-state index in [0.717, 1.165) is 12.8 Å². The van der Waals surface area contributed by atoms with Gasteiger partial charge in [-0.25, -0.2) is 4.79 Å². The van der Waals surface area contributed by atoms with Gasteiger partial charge in [0.25, 0.3) is 0 Å². The van der Waals surface area contributed by atoms with Crippen molar-refractivity contribution in [3.8, 4) is 5.75 Å². The van der Waals surface area contributed by atoms with E-state index in [2.05, 4.69) is 5.32 Å². The van der Waals surface area contributed by atoms with Crippen molar-refractivity contribution in [2.24, 2.45) is 0 Å². The third-order valence-corrected chi connectivity index (χ3v) is 4.80. The fraction of sp³-hybridized carbons (Fsp3) is 0.591. The lowest BCUT2D eigenvalue weighted by molar-refractivity contribution is -0.140. The van der Waals surface area contributed by atoms with E-state index < -0.39 is 17.7 Å². The molecule has 30 heavy (non-hydrogen) atoms. The molecule has 1 aromatic carbocycles. The Hall–Kier alpha value is -2.77. The zero-order chi connectivity index (χ0) is 22.3. The first-order valence-electron chi connectivity index (χ1n) is 10.4. The molecule has 1 N–H and O–H groups in total. The Morgan fingerprint density at radius 3 is 2.60 bits per heavy atom. The van der Waals surface area contributed by atoms with Crippen LogP contribution in [0.5, 0.6) is 5.75 Å². The molecule has 1 atom stereocenters. The van der Waals surface area contributed by atoms with Crippen LogP contribution in [0.2, 0.25) is 0 Å². The maximum Gasteiger partial charge on any atom is 0.410 e. The van der Waals surface area contributed by atoms with E-state index in [4.69, 9.17) is 9.47 Å². The summed E-state index contributed by atoms with van der Waals surface area (Å²) in [6.07, 6.45) is 1.75. The molecule has 0 aliphatic carbocycles. The molecule has 1 aromatic rings. The summed E-state index contributed by atoms with van der Waals surface area (Å²) in [6, 6.07) is 6.41. The summed E-state index contributed by atoms with van der Waals surface area (Å²) in [5.41, 5.74) is -0.0423. The van der Waals surface area contributed by atoms with Crippen molar-refractivity contribution in [1.82, 2.24) is 9.80 Å². The number of nitrogens with zero attached hydrogens (tertiary/aromatic N) is 2. The number of piperidine rings is 1. The second-order valence-corrected chi connectivity index (χ2v) is 8.32. The minimum atomic E-state index is -0.636. The molecule has 0 saturated carbocycles. The van der Waals surface area contributed by atoms with Crippen LogP contribution in [0.1, 0.15) is 47.0 Å². The zero-order valence-corrected chi connectivity index (χ0v) is 18.6. The standard InChI is InChI=1S/C22H33N3O5/c1-6-24(15-19(26)23-16-10-9-11-17(14-16)29-5)20(27)18-12-7-8-13-25(18)21(28)30-22(2,3)4/h9-11,14,18H,6-8,12-13,15H2,1-5H3,(H,23,26). The Morgan fingerprint density at radius 2 is 1.97 bits per heavy atom. The van der Waals surface area contributed by atoms with Crippen LogP contribution in [0.15, 0.2) is 24.3 Å². The third-order valence-electron chi connectivity index (χ3n) is 4.80. The monoisotopic (exact) mass is 419 g/mol. The van der Waals surface area contributed by atoms with Gasteiger partial charge in [0, 0.05) is 24.8 Å². The summed E-state index contributed by atoms with van der Waals surface area (Å²) in [5, 5.41) is 2.79. The molecule has 1 aliphatic rings. The highest BCUT2D eigenvalue weighted by atomic mass is 16.6. The number of carbonyl (C=O) groups is 3. The molecule has 1 fully saturated rings. The second kappa shape index (κ2) is 10.3. The SMILES string of the molecule is CCN(CC(=O)Nc1cccc(OC)c1)C(=O)C1CCCCN1C(=O)OC(C)(C)C. The minimum absolute atomic E-state index is 0.0921. The van der Waals surface area contributed by atoms with Gasteiger partial charge in [0.1, 0.15) is 17.4 Å². The molecule has 8 nitrogen and oxygen atoms in total. The van der Waals surface area contributed by atoms with Crippen molar-refractivity contribution in [2.45, 2.75) is 58.6 Å². The quantitative estimate of drug-likeness (QED) is 0.765. The van der Waals surface area contributed by atoms with Crippen molar-refractivity contribution in [1.29, 1.82) is 0 Å². The van der Waals surface area contributed by atoms with E-state index in [9.17, 15) is 14.4 Å². The molecule has 1 heterocycles. The topological polar surface area (TPSA) is 88.2 Å². The minimum Gasteiger partial charge on any atom is -0.497 e. The number of methoxy groups -OCH3 is 1. The van der Waals surface area contributed by atoms with E-state index in [1.807, 2.05) is 6.92 Å². The Kier molecular flexibility index (Phi) is 8.08. The average Bonchev–Trinajstić information content (AvgIpc) is 2.70. The Morgan fingerprint density at radius 1 is 1.23 bits per heavy atom. The van der Waals surface area contributed by atoms with E-state index >= 15 is 0 Å². The molecule has 3 amide bonds. The van der Waals surface area contributed by atoms with Crippen LogP contribution in [0.4, 0.5) is 10.5 Å². The fourth-order valence-electron chi connectivity index (χ4n) is 3.36. The van der Waals surface area contributed by atoms with Gasteiger partial charge in [-0.2, -0.15) is 0 Å². The number of amides is 3. The molecule has 0 radical (unpaired) electrons. The molecule has 0 spiro atoms. The van der Waals surface area contributed by atoms with Crippen LogP contribution in [0.25, 0.3) is 0 Å². The number of carbonyl (C=O) groups excluding carboxylic acids is 3. The number of likely N-dealkylation sites (N-methyl/N-ethyl adjacent to an activating group) is 1. The van der Waals surface area contributed by atoms with Crippen LogP contribution < -0.4 is 10.1 Å². The predicted molar refractivity (Wildman–Crippen MR) is 114 cm³/mol. The number of hydrogen-bond donors (Lipinski definition) is 1. The lowest BCUT2D eigenvalue weighted by atomic mass is 10.0. The summed E-state index contributed by atoms with van der Waals surface area (Å²) < 4.78 is 10.6. The summed E-state index contributed by atoms with van der Waals surface area (Å²) >= 11 is 0. The first-order chi connectivity index (χ1) is 14.1. The molecule has 1 aliphatic heterocycles. The van der Waals surface area contributed by atoms with E-state index in [0.29, 0.717) is 30.9 Å². The first-order valence-corrected chi connectivity index (χ1v) is 10.4. The smallest absolute Gasteiger partial charge is 0.410 e. The van der Waals surface area contributed by atoms with Gasteiger partial charge < -0.3 is 19.7 Å². The highest BCUT2D eigenvalue weighted by Crippen LogP contribution is 2.22. The molecular weight excluding hydrogens is 386 g/mol. The largest absolute Gasteiger partial charge is 0.497 e. The highest BCUT2D eigenvalue weighted by molar-refractivity contribution is 5.96. The normalized spacial score (nSPS) is 16.6. The zero-order valence-electron chi connectivity index (χ0n) is 18.6. The van der Waals surface area contributed by atoms with Gasteiger partial charge in [0.05, 0.1) is 13.7 Å². The molecule has 2 rings (SSSR count). The Balaban J connectivity index is 2.05. The number of nitrogens with one attached hydrogen (secondary N) is 1. The van der Waals surface area contributed by atoms with Crippen molar-refractivity contribution >= 4 is 23.6 Å². The number of benzene rings is 1. The van der Waals surface area contributed by atoms with Gasteiger partial charge in [-0.15, -0.1) is 0 Å². The lowest BCUT2D eigenvalue weighted by Gasteiger charge is -2.38. The van der Waals surface area contributed by atoms with Crippen molar-refractivity contribution in [2.75, 3.05) is 32.1 Å². The molecule has 8 heteroatoms. The fourth-order valence-corrected chi connectivity index (χ4v) is 3.36. The summed E-state index contributed by atoms with van der Waals surface area (Å²) in [6.45, 7) is 7.96. The predicted octanol–water partition coefficient (Wildman–Crippen LogP) is 3.27. The average molecular weight is 420 g/mol. The van der Waals surface area contributed by atoms with Crippen LogP contribution in [-0.4, -0.2) is 66.1 Å². The summed E-state index contributed by atoms with van der Waals surface area (Å²) in [7, 11) is 1.55. The van der Waals surface area contributed by atoms with Gasteiger partial charge in [-0.1, -0.05) is 6.07 Å². The molecule has 0 aromatic heterocycles. The van der Waals surface area contributed by atoms with Gasteiger partial charge in [0.2, 0.25) is 11.8 Å². The summed E-state index contributed by atoms with van der Waals surface area (Å²) in [5.74, 6) is 0.0911. The van der Waals surface area contributed by atoms with Gasteiger partial charge in [-0.3, -0.25) is 14.5 Å². The van der Waals surface area contributed by atoms with E-state index in [-0.39, 0.29) is 18.4 Å². The molecule has 1 unspecified atom stereocenters. The van der Waals surface area contributed by atoms with Gasteiger partial charge in [-0.05, 0) is 59.1 Å². The number of hydrogen-bond acceptors (Lipinski definition) is 5. The highest BCUT2D eigenvalue weighted by Gasteiger charge is 2.37. The van der Waals surface area contributed by atoms with Gasteiger partial charge >= 0.3 is 6.09 Å². The third kappa shape index (κ3) is 6.64. The van der Waals surface area contributed by atoms with Gasteiger partial charge in [0.15, 0.2) is 0 Å². The maximum atomic E-state index is 13.2. The van der Waals surface area contributed by atoms with E-state index in [1.54, 1.807) is 52.1 Å². The van der Waals surface area contributed by atoms with Crippen LogP contribution in [-0.2, 0) is 14.3 Å². The van der Waals surface area contributed by atoms with Crippen LogP contribution in [0.3, 0.4) is 0 Å². The molecule has 166 valence electrons. The Labute approximate surface area is 178 Å². The first kappa shape index (κ1) is 23.5. The van der Waals surface area contributed by atoms with Crippen LogP contribution >= 0.6 is 0 Å². The van der Waals surface area contributed by atoms with Crippen LogP contribution in [0, 0.1) is 0 Å². The lowest BCUT2D eigenvalue weighted by Crippen LogP contribution is -2.55. The van der Waals surface area contributed by atoms with Crippen molar-refractivity contribution in [3.05, 3.63) is 24.3 Å². The molecule has 0 bridgehead atoms. The number of anilines is 1. The van der Waals surface area contributed by atoms with Crippen molar-refractivity contribution in [3.63, 3.8) is 0 Å². The number of ether oxygens (including phenoxy) is 2.